The standard InChI is InChI=1S/C13H19N3O4S/c1-2-7-14-12-10-11(16(17)18)5-6-13(12)21(19,20)15-8-3-4-9-15/h5-6,10,14H,2-4,7-9H2,1H3. The second kappa shape index (κ2) is 6.40. The molecule has 7 nitrogen and oxygen atoms in total. The van der Waals surface area contributed by atoms with Crippen molar-refractivity contribution in [1.82, 2.24) is 4.31 Å². The fourth-order valence-corrected chi connectivity index (χ4v) is 3.99. The van der Waals surface area contributed by atoms with E-state index in [4.69, 9.17) is 0 Å². The van der Waals surface area contributed by atoms with Gasteiger partial charge in [0.1, 0.15) is 4.90 Å². The molecule has 21 heavy (non-hydrogen) atoms. The fraction of sp³-hybridized carbons (Fsp3) is 0.538. The molecule has 2 rings (SSSR count). The third-order valence-corrected chi connectivity index (χ3v) is 5.38. The molecule has 0 spiro atoms. The Hall–Kier alpha value is -1.67. The van der Waals surface area contributed by atoms with Crippen LogP contribution in [0.1, 0.15) is 26.2 Å². The van der Waals surface area contributed by atoms with Gasteiger partial charge in [-0.1, -0.05) is 6.92 Å². The van der Waals surface area contributed by atoms with Crippen LogP contribution in [0.15, 0.2) is 23.1 Å². The van der Waals surface area contributed by atoms with E-state index in [9.17, 15) is 18.5 Å². The number of nitro benzene ring substituents is 1. The minimum Gasteiger partial charge on any atom is -0.384 e. The number of nitrogens with zero attached hydrogens (tertiary/aromatic N) is 2. The van der Waals surface area contributed by atoms with Crippen LogP contribution in [0.2, 0.25) is 0 Å². The summed E-state index contributed by atoms with van der Waals surface area (Å²) in [6, 6.07) is 3.85. The molecule has 0 radical (unpaired) electrons. The van der Waals surface area contributed by atoms with E-state index >= 15 is 0 Å². The van der Waals surface area contributed by atoms with Gasteiger partial charge < -0.3 is 5.32 Å². The van der Waals surface area contributed by atoms with E-state index in [0.29, 0.717) is 25.3 Å². The zero-order valence-electron chi connectivity index (χ0n) is 11.9. The lowest BCUT2D eigenvalue weighted by atomic mass is 10.2. The normalized spacial score (nSPS) is 16.0. The van der Waals surface area contributed by atoms with Crippen molar-refractivity contribution in [2.24, 2.45) is 0 Å². The molecule has 0 saturated carbocycles. The summed E-state index contributed by atoms with van der Waals surface area (Å²) in [6.45, 7) is 3.52. The highest BCUT2D eigenvalue weighted by atomic mass is 32.2. The van der Waals surface area contributed by atoms with Crippen molar-refractivity contribution in [1.29, 1.82) is 0 Å². The Bertz CT molecular complexity index is 624. The number of anilines is 1. The van der Waals surface area contributed by atoms with Crippen LogP contribution >= 0.6 is 0 Å². The smallest absolute Gasteiger partial charge is 0.271 e. The lowest BCUT2D eigenvalue weighted by Gasteiger charge is -2.18. The topological polar surface area (TPSA) is 92.5 Å². The quantitative estimate of drug-likeness (QED) is 0.642. The third kappa shape index (κ3) is 3.33. The Morgan fingerprint density at radius 2 is 2.00 bits per heavy atom. The average molecular weight is 313 g/mol. The summed E-state index contributed by atoms with van der Waals surface area (Å²) in [5.74, 6) is 0. The van der Waals surface area contributed by atoms with E-state index in [0.717, 1.165) is 19.3 Å². The summed E-state index contributed by atoms with van der Waals surface area (Å²) in [5.41, 5.74) is 0.187. The van der Waals surface area contributed by atoms with Gasteiger partial charge in [0.05, 0.1) is 10.6 Å². The largest absolute Gasteiger partial charge is 0.384 e. The molecule has 0 amide bonds. The minimum absolute atomic E-state index is 0.114. The zero-order valence-corrected chi connectivity index (χ0v) is 12.7. The van der Waals surface area contributed by atoms with Crippen molar-refractivity contribution in [2.75, 3.05) is 25.0 Å². The van der Waals surface area contributed by atoms with E-state index in [2.05, 4.69) is 5.32 Å². The molecule has 1 aliphatic heterocycles. The Kier molecular flexibility index (Phi) is 4.79. The first-order valence-electron chi connectivity index (χ1n) is 6.99. The molecule has 0 unspecified atom stereocenters. The lowest BCUT2D eigenvalue weighted by molar-refractivity contribution is -0.384. The number of hydrogen-bond donors (Lipinski definition) is 1. The molecule has 0 atom stereocenters. The van der Waals surface area contributed by atoms with Gasteiger partial charge >= 0.3 is 0 Å². The maximum absolute atomic E-state index is 12.6. The second-order valence-electron chi connectivity index (χ2n) is 4.98. The molecule has 1 heterocycles. The molecule has 1 aliphatic rings. The summed E-state index contributed by atoms with van der Waals surface area (Å²) in [7, 11) is -3.59. The number of rotatable bonds is 6. The Balaban J connectivity index is 2.43. The Morgan fingerprint density at radius 3 is 2.57 bits per heavy atom. The SMILES string of the molecule is CCCNc1cc([N+](=O)[O-])ccc1S(=O)(=O)N1CCCC1. The number of nitrogens with one attached hydrogen (secondary N) is 1. The molecule has 1 aromatic rings. The summed E-state index contributed by atoms with van der Waals surface area (Å²) >= 11 is 0. The van der Waals surface area contributed by atoms with Crippen molar-refractivity contribution in [3.05, 3.63) is 28.3 Å². The van der Waals surface area contributed by atoms with Crippen LogP contribution in [-0.2, 0) is 10.0 Å². The summed E-state index contributed by atoms with van der Waals surface area (Å²) in [5, 5.41) is 13.8. The van der Waals surface area contributed by atoms with Gasteiger partial charge in [-0.3, -0.25) is 10.1 Å². The maximum Gasteiger partial charge on any atom is 0.271 e. The number of nitro groups is 1. The van der Waals surface area contributed by atoms with E-state index in [-0.39, 0.29) is 10.6 Å². The summed E-state index contributed by atoms with van der Waals surface area (Å²) in [4.78, 5) is 10.5. The predicted molar refractivity (Wildman–Crippen MR) is 79.9 cm³/mol. The van der Waals surface area contributed by atoms with Crippen LogP contribution in [0.25, 0.3) is 0 Å². The zero-order chi connectivity index (χ0) is 15.5. The number of hydrogen-bond acceptors (Lipinski definition) is 5. The van der Waals surface area contributed by atoms with E-state index in [1.54, 1.807) is 0 Å². The van der Waals surface area contributed by atoms with Crippen LogP contribution in [0.3, 0.4) is 0 Å². The van der Waals surface area contributed by atoms with Crippen molar-refractivity contribution in [3.63, 3.8) is 0 Å². The van der Waals surface area contributed by atoms with Crippen molar-refractivity contribution < 1.29 is 13.3 Å². The average Bonchev–Trinajstić information content (AvgIpc) is 2.99. The molecular formula is C13H19N3O4S. The third-order valence-electron chi connectivity index (χ3n) is 3.42. The highest BCUT2D eigenvalue weighted by Crippen LogP contribution is 2.30. The van der Waals surface area contributed by atoms with Gasteiger partial charge in [0, 0.05) is 31.8 Å². The van der Waals surface area contributed by atoms with Gasteiger partial charge in [-0.2, -0.15) is 4.31 Å². The van der Waals surface area contributed by atoms with Crippen molar-refractivity contribution in [3.8, 4) is 0 Å². The molecule has 0 bridgehead atoms. The minimum atomic E-state index is -3.59. The highest BCUT2D eigenvalue weighted by molar-refractivity contribution is 7.89. The first-order chi connectivity index (χ1) is 9.96. The Morgan fingerprint density at radius 1 is 1.33 bits per heavy atom. The number of sulfonamides is 1. The van der Waals surface area contributed by atoms with Crippen LogP contribution in [0.5, 0.6) is 0 Å². The van der Waals surface area contributed by atoms with Crippen LogP contribution in [0.4, 0.5) is 11.4 Å². The maximum atomic E-state index is 12.6. The van der Waals surface area contributed by atoms with E-state index < -0.39 is 14.9 Å². The van der Waals surface area contributed by atoms with Crippen LogP contribution in [0, 0.1) is 10.1 Å². The van der Waals surface area contributed by atoms with Crippen molar-refractivity contribution >= 4 is 21.4 Å². The van der Waals surface area contributed by atoms with Gasteiger partial charge in [-0.25, -0.2) is 8.42 Å². The summed E-state index contributed by atoms with van der Waals surface area (Å²) < 4.78 is 26.7. The summed E-state index contributed by atoms with van der Waals surface area (Å²) in [6.07, 6.45) is 2.50. The fourth-order valence-electron chi connectivity index (χ4n) is 2.32. The number of benzene rings is 1. The monoisotopic (exact) mass is 313 g/mol. The second-order valence-corrected chi connectivity index (χ2v) is 6.88. The van der Waals surface area contributed by atoms with E-state index in [1.807, 2.05) is 6.92 Å². The van der Waals surface area contributed by atoms with Gasteiger partial charge in [0.2, 0.25) is 10.0 Å². The first-order valence-corrected chi connectivity index (χ1v) is 8.43. The number of non-ortho nitro benzene ring substituents is 1. The molecular weight excluding hydrogens is 294 g/mol. The van der Waals surface area contributed by atoms with Crippen molar-refractivity contribution in [2.45, 2.75) is 31.1 Å². The lowest BCUT2D eigenvalue weighted by Crippen LogP contribution is -2.28. The van der Waals surface area contributed by atoms with Crippen LogP contribution in [-0.4, -0.2) is 37.3 Å². The molecule has 1 fully saturated rings. The molecule has 0 aromatic heterocycles. The van der Waals surface area contributed by atoms with Gasteiger partial charge in [0.25, 0.3) is 5.69 Å². The molecule has 0 aliphatic carbocycles. The molecule has 8 heteroatoms. The highest BCUT2D eigenvalue weighted by Gasteiger charge is 2.30. The first kappa shape index (κ1) is 15.7. The van der Waals surface area contributed by atoms with Gasteiger partial charge in [-0.05, 0) is 25.3 Å². The van der Waals surface area contributed by atoms with E-state index in [1.165, 1.54) is 22.5 Å². The molecule has 1 aromatic carbocycles. The van der Waals surface area contributed by atoms with Crippen LogP contribution < -0.4 is 5.32 Å². The Labute approximate surface area is 124 Å². The molecule has 116 valence electrons. The predicted octanol–water partition coefficient (Wildman–Crippen LogP) is 2.20. The molecule has 1 N–H and O–H groups in total. The van der Waals surface area contributed by atoms with Gasteiger partial charge in [0.15, 0.2) is 0 Å². The van der Waals surface area contributed by atoms with Gasteiger partial charge in [-0.15, -0.1) is 0 Å². The molecule has 1 saturated heterocycles.